The van der Waals surface area contributed by atoms with Crippen molar-refractivity contribution in [1.82, 2.24) is 5.32 Å². The minimum absolute atomic E-state index is 0.141. The molecule has 126 valence electrons. The lowest BCUT2D eigenvalue weighted by atomic mass is 9.89. The van der Waals surface area contributed by atoms with E-state index in [4.69, 9.17) is 0 Å². The number of Topliss-reactive ketones (excluding diaryl/α,β-unsaturated/α-hetero) is 1. The Kier molecular flexibility index (Phi) is 6.59. The van der Waals surface area contributed by atoms with E-state index in [1.165, 1.54) is 67.5 Å². The second-order valence-electron chi connectivity index (χ2n) is 7.08. The van der Waals surface area contributed by atoms with Gasteiger partial charge in [0.25, 0.3) is 0 Å². The molecule has 1 saturated heterocycles. The molecule has 0 saturated carbocycles. The third kappa shape index (κ3) is 5.04. The molecule has 1 aliphatic rings. The van der Waals surface area contributed by atoms with Crippen molar-refractivity contribution in [3.8, 4) is 0 Å². The molecule has 2 nitrogen and oxygen atoms in total. The van der Waals surface area contributed by atoms with Crippen LogP contribution in [-0.2, 0) is 0 Å². The summed E-state index contributed by atoms with van der Waals surface area (Å²) >= 11 is 0. The van der Waals surface area contributed by atoms with E-state index in [1.807, 2.05) is 6.07 Å². The molecule has 1 aromatic carbocycles. The molecule has 2 heteroatoms. The molecule has 0 spiro atoms. The van der Waals surface area contributed by atoms with Crippen molar-refractivity contribution < 1.29 is 4.79 Å². The fourth-order valence-corrected chi connectivity index (χ4v) is 3.49. The van der Waals surface area contributed by atoms with Gasteiger partial charge in [-0.25, -0.2) is 0 Å². The first kappa shape index (κ1) is 17.9. The molecule has 23 heavy (non-hydrogen) atoms. The van der Waals surface area contributed by atoms with E-state index in [2.05, 4.69) is 38.2 Å². The number of rotatable bonds is 6. The summed E-state index contributed by atoms with van der Waals surface area (Å²) in [5.74, 6) is 1.05. The molecule has 0 atom stereocenters. The van der Waals surface area contributed by atoms with Crippen LogP contribution in [0.15, 0.2) is 23.8 Å². The predicted octanol–water partition coefficient (Wildman–Crippen LogP) is 5.16. The number of piperidine rings is 1. The van der Waals surface area contributed by atoms with E-state index in [0.717, 1.165) is 11.5 Å². The number of aryl methyl sites for hydroxylation is 1. The highest BCUT2D eigenvalue weighted by Gasteiger charge is 2.13. The molecule has 0 aliphatic carbocycles. The van der Waals surface area contributed by atoms with E-state index in [0.29, 0.717) is 0 Å². The normalized spacial score (nSPS) is 17.0. The smallest absolute Gasteiger partial charge is 0.159 e. The zero-order valence-electron chi connectivity index (χ0n) is 15.2. The number of benzene rings is 1. The van der Waals surface area contributed by atoms with Crippen LogP contribution < -0.4 is 5.32 Å². The number of hydrogen-bond donors (Lipinski definition) is 1. The first-order chi connectivity index (χ1) is 11.0. The Morgan fingerprint density at radius 1 is 1.17 bits per heavy atom. The van der Waals surface area contributed by atoms with Crippen molar-refractivity contribution in [1.29, 1.82) is 0 Å². The molecule has 1 aromatic rings. The lowest BCUT2D eigenvalue weighted by molar-refractivity contribution is 0.101. The van der Waals surface area contributed by atoms with Gasteiger partial charge in [0.1, 0.15) is 0 Å². The molecule has 2 rings (SSSR count). The van der Waals surface area contributed by atoms with E-state index in [9.17, 15) is 4.79 Å². The average Bonchev–Trinajstić information content (AvgIpc) is 2.55. The van der Waals surface area contributed by atoms with E-state index in [-0.39, 0.29) is 5.78 Å². The van der Waals surface area contributed by atoms with Crippen LogP contribution in [0.3, 0.4) is 0 Å². The minimum atomic E-state index is 0.141. The maximum atomic E-state index is 11.6. The van der Waals surface area contributed by atoms with Crippen LogP contribution in [-0.4, -0.2) is 18.9 Å². The summed E-state index contributed by atoms with van der Waals surface area (Å²) in [6.45, 7) is 10.6. The van der Waals surface area contributed by atoms with Gasteiger partial charge in [0, 0.05) is 5.56 Å². The van der Waals surface area contributed by atoms with Crippen LogP contribution >= 0.6 is 0 Å². The van der Waals surface area contributed by atoms with Crippen LogP contribution in [0.5, 0.6) is 0 Å². The standard InChI is InChI=1S/C21H31NO/c1-15(6-5-7-19-10-12-22-13-11-19)17(3)21-14-20(18(4)23)9-8-16(21)2/h8-9,14,19,22H,5-7,10-13H2,1-4H3/b17-15+. The second-order valence-corrected chi connectivity index (χ2v) is 7.08. The van der Waals surface area contributed by atoms with Gasteiger partial charge in [-0.05, 0) is 95.2 Å². The summed E-state index contributed by atoms with van der Waals surface area (Å²) in [6.07, 6.45) is 6.46. The minimum Gasteiger partial charge on any atom is -0.317 e. The van der Waals surface area contributed by atoms with Gasteiger partial charge in [-0.1, -0.05) is 24.1 Å². The topological polar surface area (TPSA) is 29.1 Å². The SMILES string of the molecule is CC(=O)c1ccc(C)c(/C(C)=C(\C)CCCC2CCNCC2)c1. The van der Waals surface area contributed by atoms with Crippen molar-refractivity contribution in [2.24, 2.45) is 5.92 Å². The Hall–Kier alpha value is -1.41. The number of carbonyl (C=O) groups excluding carboxylic acids is 1. The van der Waals surface area contributed by atoms with E-state index < -0.39 is 0 Å². The molecule has 1 aliphatic heterocycles. The van der Waals surface area contributed by atoms with Crippen LogP contribution in [0.4, 0.5) is 0 Å². The van der Waals surface area contributed by atoms with Gasteiger partial charge in [0.05, 0.1) is 0 Å². The van der Waals surface area contributed by atoms with E-state index in [1.54, 1.807) is 6.92 Å². The first-order valence-corrected chi connectivity index (χ1v) is 8.98. The summed E-state index contributed by atoms with van der Waals surface area (Å²) in [5.41, 5.74) is 6.10. The number of hydrogen-bond acceptors (Lipinski definition) is 2. The fourth-order valence-electron chi connectivity index (χ4n) is 3.49. The number of ketones is 1. The quantitative estimate of drug-likeness (QED) is 0.735. The third-order valence-corrected chi connectivity index (χ3v) is 5.31. The highest BCUT2D eigenvalue weighted by atomic mass is 16.1. The maximum Gasteiger partial charge on any atom is 0.159 e. The van der Waals surface area contributed by atoms with Gasteiger partial charge < -0.3 is 5.32 Å². The van der Waals surface area contributed by atoms with Crippen LogP contribution in [0.2, 0.25) is 0 Å². The van der Waals surface area contributed by atoms with Crippen molar-refractivity contribution in [2.45, 2.75) is 59.8 Å². The average molecular weight is 313 g/mol. The summed E-state index contributed by atoms with van der Waals surface area (Å²) in [4.78, 5) is 11.6. The first-order valence-electron chi connectivity index (χ1n) is 8.98. The molecule has 1 fully saturated rings. The predicted molar refractivity (Wildman–Crippen MR) is 98.9 cm³/mol. The van der Waals surface area contributed by atoms with Gasteiger partial charge in [-0.2, -0.15) is 0 Å². The van der Waals surface area contributed by atoms with Gasteiger partial charge in [0.15, 0.2) is 5.78 Å². The van der Waals surface area contributed by atoms with Gasteiger partial charge in [-0.3, -0.25) is 4.79 Å². The zero-order chi connectivity index (χ0) is 16.8. The molecule has 0 amide bonds. The van der Waals surface area contributed by atoms with Crippen molar-refractivity contribution >= 4 is 11.4 Å². The van der Waals surface area contributed by atoms with Gasteiger partial charge in [-0.15, -0.1) is 0 Å². The molecule has 0 radical (unpaired) electrons. The number of nitrogens with one attached hydrogen (secondary N) is 1. The zero-order valence-corrected chi connectivity index (χ0v) is 15.2. The van der Waals surface area contributed by atoms with Crippen molar-refractivity contribution in [2.75, 3.05) is 13.1 Å². The summed E-state index contributed by atoms with van der Waals surface area (Å²) < 4.78 is 0. The van der Waals surface area contributed by atoms with Gasteiger partial charge in [0.2, 0.25) is 0 Å². The Morgan fingerprint density at radius 3 is 2.52 bits per heavy atom. The summed E-state index contributed by atoms with van der Waals surface area (Å²) in [5, 5.41) is 3.44. The largest absolute Gasteiger partial charge is 0.317 e. The highest BCUT2D eigenvalue weighted by Crippen LogP contribution is 2.27. The van der Waals surface area contributed by atoms with Crippen LogP contribution in [0.1, 0.15) is 74.4 Å². The monoisotopic (exact) mass is 313 g/mol. The Bertz CT molecular complexity index is 580. The second kappa shape index (κ2) is 8.44. The number of allylic oxidation sites excluding steroid dienone is 2. The van der Waals surface area contributed by atoms with Gasteiger partial charge >= 0.3 is 0 Å². The number of carbonyl (C=O) groups is 1. The summed E-state index contributed by atoms with van der Waals surface area (Å²) in [6, 6.07) is 6.06. The van der Waals surface area contributed by atoms with Crippen molar-refractivity contribution in [3.05, 3.63) is 40.5 Å². The Labute approximate surface area is 141 Å². The molecule has 1 heterocycles. The maximum absolute atomic E-state index is 11.6. The van der Waals surface area contributed by atoms with E-state index >= 15 is 0 Å². The molecule has 0 aromatic heterocycles. The lowest BCUT2D eigenvalue weighted by Crippen LogP contribution is -2.27. The third-order valence-electron chi connectivity index (χ3n) is 5.31. The molecule has 0 bridgehead atoms. The molecular formula is C21H31NO. The summed E-state index contributed by atoms with van der Waals surface area (Å²) in [7, 11) is 0. The molecule has 0 unspecified atom stereocenters. The Balaban J connectivity index is 2.01. The fraction of sp³-hybridized carbons (Fsp3) is 0.571. The van der Waals surface area contributed by atoms with Crippen molar-refractivity contribution in [3.63, 3.8) is 0 Å². The lowest BCUT2D eigenvalue weighted by Gasteiger charge is -2.22. The van der Waals surface area contributed by atoms with Crippen LogP contribution in [0, 0.1) is 12.8 Å². The molecule has 1 N–H and O–H groups in total. The highest BCUT2D eigenvalue weighted by molar-refractivity contribution is 5.95. The van der Waals surface area contributed by atoms with Crippen LogP contribution in [0.25, 0.3) is 5.57 Å². The Morgan fingerprint density at radius 2 is 1.87 bits per heavy atom. The molecular weight excluding hydrogens is 282 g/mol.